The zero-order valence-corrected chi connectivity index (χ0v) is 19.3. The first-order valence-corrected chi connectivity index (χ1v) is 11.4. The van der Waals surface area contributed by atoms with E-state index in [1.807, 2.05) is 48.2 Å². The Bertz CT molecular complexity index is 1130. The number of aromatic nitrogens is 3. The van der Waals surface area contributed by atoms with E-state index in [0.717, 1.165) is 30.6 Å². The van der Waals surface area contributed by atoms with Crippen molar-refractivity contribution in [3.63, 3.8) is 0 Å². The van der Waals surface area contributed by atoms with Crippen LogP contribution in [0.4, 0.5) is 11.6 Å². The highest BCUT2D eigenvalue weighted by Crippen LogP contribution is 2.20. The molecule has 3 heterocycles. The summed E-state index contributed by atoms with van der Waals surface area (Å²) in [5, 5.41) is 10.8. The first-order valence-electron chi connectivity index (χ1n) is 11.0. The lowest BCUT2D eigenvalue weighted by Gasteiger charge is -2.31. The van der Waals surface area contributed by atoms with Gasteiger partial charge in [-0.3, -0.25) is 14.5 Å². The van der Waals surface area contributed by atoms with Gasteiger partial charge in [0.1, 0.15) is 11.6 Å². The van der Waals surface area contributed by atoms with E-state index in [-0.39, 0.29) is 24.3 Å². The summed E-state index contributed by atoms with van der Waals surface area (Å²) in [6, 6.07) is 14.9. The number of rotatable bonds is 7. The monoisotopic (exact) mass is 466 g/mol. The highest BCUT2D eigenvalue weighted by molar-refractivity contribution is 6.31. The van der Waals surface area contributed by atoms with Crippen molar-refractivity contribution in [1.82, 2.24) is 19.7 Å². The third-order valence-electron chi connectivity index (χ3n) is 5.65. The Labute approximate surface area is 198 Å². The largest absolute Gasteiger partial charge is 0.310 e. The molecule has 0 radical (unpaired) electrons. The number of carbonyl (C=O) groups is 2. The number of piperidine rings is 1. The second-order valence-corrected chi connectivity index (χ2v) is 8.65. The number of nitrogens with one attached hydrogen (secondary N) is 2. The summed E-state index contributed by atoms with van der Waals surface area (Å²) in [6.07, 6.45) is 3.30. The number of halogens is 1. The number of pyridine rings is 1. The van der Waals surface area contributed by atoms with Crippen molar-refractivity contribution in [2.75, 3.05) is 30.3 Å². The Morgan fingerprint density at radius 3 is 2.79 bits per heavy atom. The normalized spacial score (nSPS) is 16.4. The van der Waals surface area contributed by atoms with Crippen molar-refractivity contribution >= 4 is 35.1 Å². The Morgan fingerprint density at radius 1 is 1.12 bits per heavy atom. The molecular weight excluding hydrogens is 440 g/mol. The minimum atomic E-state index is -0.181. The van der Waals surface area contributed by atoms with Crippen LogP contribution in [0.5, 0.6) is 0 Å². The van der Waals surface area contributed by atoms with Crippen LogP contribution in [0, 0.1) is 12.8 Å². The van der Waals surface area contributed by atoms with Gasteiger partial charge in [-0.05, 0) is 50.1 Å². The number of carbonyl (C=O) groups excluding carboxylic acids is 2. The predicted molar refractivity (Wildman–Crippen MR) is 128 cm³/mol. The quantitative estimate of drug-likeness (QED) is 0.555. The van der Waals surface area contributed by atoms with E-state index in [1.165, 1.54) is 0 Å². The SMILES string of the molecule is Cc1cccc(NC(=O)C2CCCN(CC(=O)Nc3ccnn3Cc3ccccc3Cl)C2)n1. The number of benzene rings is 1. The van der Waals surface area contributed by atoms with E-state index >= 15 is 0 Å². The molecule has 1 atom stereocenters. The molecule has 1 aliphatic rings. The molecule has 2 N–H and O–H groups in total. The Balaban J connectivity index is 1.31. The molecule has 1 aromatic carbocycles. The molecule has 3 aromatic rings. The summed E-state index contributed by atoms with van der Waals surface area (Å²) in [6.45, 7) is 3.87. The maximum atomic E-state index is 12.7. The minimum Gasteiger partial charge on any atom is -0.310 e. The van der Waals surface area contributed by atoms with Crippen LogP contribution in [0.25, 0.3) is 0 Å². The molecule has 2 amide bonds. The van der Waals surface area contributed by atoms with Crippen LogP contribution in [0.1, 0.15) is 24.1 Å². The third kappa shape index (κ3) is 6.18. The van der Waals surface area contributed by atoms with Gasteiger partial charge in [-0.2, -0.15) is 5.10 Å². The smallest absolute Gasteiger partial charge is 0.239 e. The molecule has 2 aromatic heterocycles. The van der Waals surface area contributed by atoms with Gasteiger partial charge in [0, 0.05) is 23.3 Å². The summed E-state index contributed by atoms with van der Waals surface area (Å²) < 4.78 is 1.71. The molecule has 1 fully saturated rings. The number of hydrogen-bond donors (Lipinski definition) is 2. The van der Waals surface area contributed by atoms with Gasteiger partial charge in [-0.15, -0.1) is 0 Å². The molecule has 9 heteroatoms. The van der Waals surface area contributed by atoms with Crippen LogP contribution in [-0.2, 0) is 16.1 Å². The fourth-order valence-corrected chi connectivity index (χ4v) is 4.19. The maximum Gasteiger partial charge on any atom is 0.239 e. The third-order valence-corrected chi connectivity index (χ3v) is 6.01. The second-order valence-electron chi connectivity index (χ2n) is 8.24. The Kier molecular flexibility index (Phi) is 7.36. The van der Waals surface area contributed by atoms with Crippen molar-refractivity contribution in [3.8, 4) is 0 Å². The molecule has 0 aliphatic carbocycles. The molecule has 33 heavy (non-hydrogen) atoms. The van der Waals surface area contributed by atoms with Crippen molar-refractivity contribution in [1.29, 1.82) is 0 Å². The molecule has 4 rings (SSSR count). The maximum absolute atomic E-state index is 12.7. The number of hydrogen-bond acceptors (Lipinski definition) is 5. The van der Waals surface area contributed by atoms with Gasteiger partial charge in [0.15, 0.2) is 0 Å². The summed E-state index contributed by atoms with van der Waals surface area (Å²) in [4.78, 5) is 31.8. The van der Waals surface area contributed by atoms with E-state index in [2.05, 4.69) is 20.7 Å². The average Bonchev–Trinajstić information content (AvgIpc) is 3.22. The van der Waals surface area contributed by atoms with Gasteiger partial charge in [0.2, 0.25) is 11.8 Å². The number of likely N-dealkylation sites (tertiary alicyclic amines) is 1. The summed E-state index contributed by atoms with van der Waals surface area (Å²) in [7, 11) is 0. The summed E-state index contributed by atoms with van der Waals surface area (Å²) in [5.74, 6) is 0.784. The molecule has 1 unspecified atom stereocenters. The first kappa shape index (κ1) is 22.9. The van der Waals surface area contributed by atoms with Crippen LogP contribution < -0.4 is 10.6 Å². The molecule has 1 saturated heterocycles. The first-order chi connectivity index (χ1) is 16.0. The predicted octanol–water partition coefficient (Wildman–Crippen LogP) is 3.58. The zero-order valence-electron chi connectivity index (χ0n) is 18.5. The van der Waals surface area contributed by atoms with E-state index in [0.29, 0.717) is 29.7 Å². The van der Waals surface area contributed by atoms with Gasteiger partial charge in [-0.25, -0.2) is 9.67 Å². The fourth-order valence-electron chi connectivity index (χ4n) is 3.99. The van der Waals surface area contributed by atoms with Gasteiger partial charge in [-0.1, -0.05) is 35.9 Å². The van der Waals surface area contributed by atoms with E-state index in [9.17, 15) is 9.59 Å². The van der Waals surface area contributed by atoms with Gasteiger partial charge in [0.25, 0.3) is 0 Å². The Morgan fingerprint density at radius 2 is 1.97 bits per heavy atom. The van der Waals surface area contributed by atoms with Crippen molar-refractivity contribution < 1.29 is 9.59 Å². The van der Waals surface area contributed by atoms with Crippen molar-refractivity contribution in [2.24, 2.45) is 5.92 Å². The standard InChI is InChI=1S/C24H27ClN6O2/c1-17-6-4-10-21(27-17)28-24(33)19-8-5-13-30(14-19)16-23(32)29-22-11-12-26-31(22)15-18-7-2-3-9-20(18)25/h2-4,6-7,9-12,19H,5,8,13-16H2,1H3,(H,29,32)(H,27,28,33). The molecule has 0 spiro atoms. The lowest BCUT2D eigenvalue weighted by atomic mass is 9.97. The summed E-state index contributed by atoms with van der Waals surface area (Å²) >= 11 is 6.25. The van der Waals surface area contributed by atoms with Gasteiger partial charge in [0.05, 0.1) is 25.2 Å². The van der Waals surface area contributed by atoms with Gasteiger partial charge < -0.3 is 10.6 Å². The second kappa shape index (κ2) is 10.6. The fraction of sp³-hybridized carbons (Fsp3) is 0.333. The van der Waals surface area contributed by atoms with Crippen LogP contribution >= 0.6 is 11.6 Å². The topological polar surface area (TPSA) is 92.2 Å². The van der Waals surface area contributed by atoms with E-state index in [1.54, 1.807) is 23.0 Å². The minimum absolute atomic E-state index is 0.0592. The molecule has 172 valence electrons. The number of nitrogens with zero attached hydrogens (tertiary/aromatic N) is 4. The summed E-state index contributed by atoms with van der Waals surface area (Å²) in [5.41, 5.74) is 1.77. The zero-order chi connectivity index (χ0) is 23.2. The number of anilines is 2. The van der Waals surface area contributed by atoms with Crippen LogP contribution in [0.3, 0.4) is 0 Å². The molecule has 8 nitrogen and oxygen atoms in total. The number of amides is 2. The highest BCUT2D eigenvalue weighted by Gasteiger charge is 2.27. The molecule has 0 saturated carbocycles. The van der Waals surface area contributed by atoms with Crippen molar-refractivity contribution in [3.05, 3.63) is 71.0 Å². The van der Waals surface area contributed by atoms with Crippen molar-refractivity contribution in [2.45, 2.75) is 26.3 Å². The highest BCUT2D eigenvalue weighted by atomic mass is 35.5. The van der Waals surface area contributed by atoms with E-state index < -0.39 is 0 Å². The Hall–Kier alpha value is -3.23. The van der Waals surface area contributed by atoms with Gasteiger partial charge >= 0.3 is 0 Å². The van der Waals surface area contributed by atoms with Crippen LogP contribution in [0.2, 0.25) is 5.02 Å². The average molecular weight is 467 g/mol. The van der Waals surface area contributed by atoms with E-state index in [4.69, 9.17) is 11.6 Å². The molecular formula is C24H27ClN6O2. The molecule has 1 aliphatic heterocycles. The van der Waals surface area contributed by atoms with Crippen LogP contribution in [0.15, 0.2) is 54.7 Å². The van der Waals surface area contributed by atoms with Crippen LogP contribution in [-0.4, -0.2) is 51.1 Å². The lowest BCUT2D eigenvalue weighted by Crippen LogP contribution is -2.44. The number of aryl methyl sites for hydroxylation is 1. The molecule has 0 bridgehead atoms. The lowest BCUT2D eigenvalue weighted by molar-refractivity contribution is -0.123.